The molecule has 0 saturated heterocycles. The van der Waals surface area contributed by atoms with Gasteiger partial charge in [0, 0.05) is 0 Å². The maximum atomic E-state index is 3.63. The van der Waals surface area contributed by atoms with Crippen LogP contribution in [0.25, 0.3) is 0 Å². The highest BCUT2D eigenvalue weighted by Crippen LogP contribution is 2.27. The monoisotopic (exact) mass is 211 g/mol. The van der Waals surface area contributed by atoms with Gasteiger partial charge in [-0.05, 0) is 56.5 Å². The zero-order chi connectivity index (χ0) is 11.1. The minimum Gasteiger partial charge on any atom is -0.316 e. The molecular weight excluding hydrogens is 182 g/mol. The SMILES string of the molecule is CC(C)CCCNCC1CCCC(C)C1. The highest BCUT2D eigenvalue weighted by atomic mass is 14.9. The van der Waals surface area contributed by atoms with E-state index in [1.807, 2.05) is 0 Å². The van der Waals surface area contributed by atoms with Crippen LogP contribution in [0.2, 0.25) is 0 Å². The predicted octanol–water partition coefficient (Wildman–Crippen LogP) is 3.84. The Morgan fingerprint density at radius 3 is 2.73 bits per heavy atom. The van der Waals surface area contributed by atoms with Gasteiger partial charge in [0.25, 0.3) is 0 Å². The molecular formula is C14H29N. The van der Waals surface area contributed by atoms with Crippen molar-refractivity contribution in [2.24, 2.45) is 17.8 Å². The van der Waals surface area contributed by atoms with Gasteiger partial charge in [-0.3, -0.25) is 0 Å². The van der Waals surface area contributed by atoms with E-state index in [0.29, 0.717) is 0 Å². The molecule has 0 bridgehead atoms. The first-order chi connectivity index (χ1) is 7.18. The fourth-order valence-corrected chi connectivity index (χ4v) is 2.69. The van der Waals surface area contributed by atoms with Crippen molar-refractivity contribution in [3.8, 4) is 0 Å². The van der Waals surface area contributed by atoms with Crippen molar-refractivity contribution in [2.75, 3.05) is 13.1 Å². The van der Waals surface area contributed by atoms with Crippen molar-refractivity contribution in [3.05, 3.63) is 0 Å². The first kappa shape index (κ1) is 13.0. The molecule has 90 valence electrons. The summed E-state index contributed by atoms with van der Waals surface area (Å²) in [7, 11) is 0. The molecule has 1 heteroatoms. The van der Waals surface area contributed by atoms with Gasteiger partial charge < -0.3 is 5.32 Å². The Morgan fingerprint density at radius 2 is 2.07 bits per heavy atom. The van der Waals surface area contributed by atoms with Gasteiger partial charge >= 0.3 is 0 Å². The molecule has 2 atom stereocenters. The van der Waals surface area contributed by atoms with Gasteiger partial charge in [0.05, 0.1) is 0 Å². The van der Waals surface area contributed by atoms with Crippen molar-refractivity contribution in [2.45, 2.75) is 59.3 Å². The van der Waals surface area contributed by atoms with Crippen LogP contribution in [0.3, 0.4) is 0 Å². The molecule has 1 saturated carbocycles. The van der Waals surface area contributed by atoms with Gasteiger partial charge in [-0.25, -0.2) is 0 Å². The largest absolute Gasteiger partial charge is 0.316 e. The lowest BCUT2D eigenvalue weighted by Crippen LogP contribution is -2.27. The molecule has 0 heterocycles. The normalized spacial score (nSPS) is 27.2. The van der Waals surface area contributed by atoms with Crippen LogP contribution in [0.1, 0.15) is 59.3 Å². The predicted molar refractivity (Wildman–Crippen MR) is 68.1 cm³/mol. The lowest BCUT2D eigenvalue weighted by atomic mass is 9.82. The first-order valence-corrected chi connectivity index (χ1v) is 6.89. The summed E-state index contributed by atoms with van der Waals surface area (Å²) < 4.78 is 0. The number of hydrogen-bond donors (Lipinski definition) is 1. The van der Waals surface area contributed by atoms with E-state index in [2.05, 4.69) is 26.1 Å². The molecule has 2 unspecified atom stereocenters. The number of nitrogens with one attached hydrogen (secondary N) is 1. The molecule has 0 amide bonds. The van der Waals surface area contributed by atoms with E-state index in [-0.39, 0.29) is 0 Å². The number of hydrogen-bond acceptors (Lipinski definition) is 1. The van der Waals surface area contributed by atoms with Crippen LogP contribution in [0.4, 0.5) is 0 Å². The van der Waals surface area contributed by atoms with E-state index in [1.165, 1.54) is 51.6 Å². The summed E-state index contributed by atoms with van der Waals surface area (Å²) in [5.41, 5.74) is 0. The molecule has 0 aliphatic heterocycles. The Bertz CT molecular complexity index is 153. The molecule has 1 aliphatic carbocycles. The van der Waals surface area contributed by atoms with E-state index < -0.39 is 0 Å². The molecule has 1 rings (SSSR count). The highest BCUT2D eigenvalue weighted by molar-refractivity contribution is 4.72. The van der Waals surface area contributed by atoms with Crippen LogP contribution in [0.5, 0.6) is 0 Å². The van der Waals surface area contributed by atoms with Crippen molar-refractivity contribution < 1.29 is 0 Å². The summed E-state index contributed by atoms with van der Waals surface area (Å²) in [6.45, 7) is 9.52. The molecule has 0 aromatic carbocycles. The second kappa shape index (κ2) is 7.27. The maximum absolute atomic E-state index is 3.63. The summed E-state index contributed by atoms with van der Waals surface area (Å²) in [6, 6.07) is 0. The van der Waals surface area contributed by atoms with Crippen LogP contribution in [-0.2, 0) is 0 Å². The average Bonchev–Trinajstić information content (AvgIpc) is 2.17. The van der Waals surface area contributed by atoms with E-state index in [1.54, 1.807) is 0 Å². The quantitative estimate of drug-likeness (QED) is 0.658. The van der Waals surface area contributed by atoms with Crippen molar-refractivity contribution >= 4 is 0 Å². The Hall–Kier alpha value is -0.0400. The highest BCUT2D eigenvalue weighted by Gasteiger charge is 2.17. The Kier molecular flexibility index (Phi) is 6.31. The maximum Gasteiger partial charge on any atom is -0.00204 e. The van der Waals surface area contributed by atoms with Crippen molar-refractivity contribution in [1.29, 1.82) is 0 Å². The van der Waals surface area contributed by atoms with Gasteiger partial charge in [0.1, 0.15) is 0 Å². The molecule has 1 aliphatic rings. The second-order valence-electron chi connectivity index (χ2n) is 5.88. The molecule has 1 fully saturated rings. The van der Waals surface area contributed by atoms with Crippen LogP contribution in [0.15, 0.2) is 0 Å². The molecule has 0 radical (unpaired) electrons. The molecule has 15 heavy (non-hydrogen) atoms. The summed E-state index contributed by atoms with van der Waals surface area (Å²) in [4.78, 5) is 0. The van der Waals surface area contributed by atoms with Crippen LogP contribution in [-0.4, -0.2) is 13.1 Å². The third kappa shape index (κ3) is 6.19. The zero-order valence-electron chi connectivity index (χ0n) is 10.9. The van der Waals surface area contributed by atoms with E-state index in [9.17, 15) is 0 Å². The molecule has 1 N–H and O–H groups in total. The molecule has 0 aromatic rings. The number of rotatable bonds is 6. The van der Waals surface area contributed by atoms with Gasteiger partial charge in [0.2, 0.25) is 0 Å². The van der Waals surface area contributed by atoms with Crippen LogP contribution in [0, 0.1) is 17.8 Å². The van der Waals surface area contributed by atoms with Crippen molar-refractivity contribution in [1.82, 2.24) is 5.32 Å². The lowest BCUT2D eigenvalue weighted by Gasteiger charge is -2.26. The third-order valence-corrected chi connectivity index (χ3v) is 3.61. The summed E-state index contributed by atoms with van der Waals surface area (Å²) >= 11 is 0. The van der Waals surface area contributed by atoms with Gasteiger partial charge in [-0.15, -0.1) is 0 Å². The summed E-state index contributed by atoms with van der Waals surface area (Å²) in [6.07, 6.45) is 8.55. The smallest absolute Gasteiger partial charge is 0.00204 e. The Balaban J connectivity index is 1.95. The molecule has 0 aromatic heterocycles. The Morgan fingerprint density at radius 1 is 1.27 bits per heavy atom. The fraction of sp³-hybridized carbons (Fsp3) is 1.00. The van der Waals surface area contributed by atoms with Gasteiger partial charge in [0.15, 0.2) is 0 Å². The second-order valence-corrected chi connectivity index (χ2v) is 5.88. The van der Waals surface area contributed by atoms with E-state index in [4.69, 9.17) is 0 Å². The van der Waals surface area contributed by atoms with Crippen LogP contribution >= 0.6 is 0 Å². The zero-order valence-corrected chi connectivity index (χ0v) is 10.9. The van der Waals surface area contributed by atoms with Gasteiger partial charge in [-0.1, -0.05) is 33.6 Å². The molecule has 0 spiro atoms. The van der Waals surface area contributed by atoms with Crippen LogP contribution < -0.4 is 5.32 Å². The van der Waals surface area contributed by atoms with E-state index in [0.717, 1.165) is 17.8 Å². The lowest BCUT2D eigenvalue weighted by molar-refractivity contribution is 0.274. The minimum atomic E-state index is 0.863. The van der Waals surface area contributed by atoms with Crippen molar-refractivity contribution in [3.63, 3.8) is 0 Å². The standard InChI is InChI=1S/C14H29N/c1-12(2)6-5-9-15-11-14-8-4-7-13(3)10-14/h12-15H,4-11H2,1-3H3. The minimum absolute atomic E-state index is 0.863. The Labute approximate surface area is 96.0 Å². The third-order valence-electron chi connectivity index (χ3n) is 3.61. The average molecular weight is 211 g/mol. The molecule has 1 nitrogen and oxygen atoms in total. The summed E-state index contributed by atoms with van der Waals surface area (Å²) in [5, 5.41) is 3.63. The topological polar surface area (TPSA) is 12.0 Å². The van der Waals surface area contributed by atoms with E-state index >= 15 is 0 Å². The fourth-order valence-electron chi connectivity index (χ4n) is 2.69. The van der Waals surface area contributed by atoms with Gasteiger partial charge in [-0.2, -0.15) is 0 Å². The summed E-state index contributed by atoms with van der Waals surface area (Å²) in [5.74, 6) is 2.80. The first-order valence-electron chi connectivity index (χ1n) is 6.89.